The maximum atomic E-state index is 12.5. The third kappa shape index (κ3) is 4.52. The molecule has 1 N–H and O–H groups in total. The minimum absolute atomic E-state index is 0.250. The lowest BCUT2D eigenvalue weighted by Crippen LogP contribution is -2.30. The molecule has 27 heavy (non-hydrogen) atoms. The van der Waals surface area contributed by atoms with Gasteiger partial charge in [-0.25, -0.2) is 0 Å². The number of anilines is 1. The Hall–Kier alpha value is -2.73. The van der Waals surface area contributed by atoms with Crippen LogP contribution in [0.2, 0.25) is 0 Å². The van der Waals surface area contributed by atoms with Crippen molar-refractivity contribution in [1.82, 2.24) is 10.2 Å². The maximum absolute atomic E-state index is 12.5. The van der Waals surface area contributed by atoms with Gasteiger partial charge in [0.05, 0.1) is 0 Å². The Morgan fingerprint density at radius 1 is 1.04 bits per heavy atom. The first kappa shape index (κ1) is 19.0. The van der Waals surface area contributed by atoms with Gasteiger partial charge in [0, 0.05) is 5.56 Å². The summed E-state index contributed by atoms with van der Waals surface area (Å²) >= 11 is 1.34. The Morgan fingerprint density at radius 3 is 2.44 bits per heavy atom. The molecule has 1 amide bonds. The summed E-state index contributed by atoms with van der Waals surface area (Å²) < 4.78 is 5.89. The molecule has 1 heterocycles. The summed E-state index contributed by atoms with van der Waals surface area (Å²) in [4.78, 5) is 12.5. The van der Waals surface area contributed by atoms with Crippen LogP contribution in [0.3, 0.4) is 0 Å². The summed E-state index contributed by atoms with van der Waals surface area (Å²) in [5.74, 6) is 0.480. The number of amides is 1. The molecule has 0 spiro atoms. The first-order chi connectivity index (χ1) is 12.8. The molecule has 6 heteroatoms. The summed E-state index contributed by atoms with van der Waals surface area (Å²) in [6.07, 6.45) is -0.642. The number of nitrogens with zero attached hydrogens (tertiary/aromatic N) is 2. The topological polar surface area (TPSA) is 64.1 Å². The summed E-state index contributed by atoms with van der Waals surface area (Å²) in [6.45, 7) is 9.81. The zero-order valence-corrected chi connectivity index (χ0v) is 17.0. The Balaban J connectivity index is 1.68. The number of aryl methyl sites for hydroxylation is 3. The smallest absolute Gasteiger partial charge is 0.266 e. The van der Waals surface area contributed by atoms with Crippen molar-refractivity contribution in [2.24, 2.45) is 0 Å². The zero-order valence-electron chi connectivity index (χ0n) is 16.2. The number of ether oxygens (including phenoxy) is 1. The van der Waals surface area contributed by atoms with E-state index in [2.05, 4.69) is 21.6 Å². The predicted molar refractivity (Wildman–Crippen MR) is 109 cm³/mol. The van der Waals surface area contributed by atoms with Crippen LogP contribution in [0.15, 0.2) is 36.4 Å². The average Bonchev–Trinajstić information content (AvgIpc) is 3.08. The van der Waals surface area contributed by atoms with E-state index in [0.717, 1.165) is 33.0 Å². The fourth-order valence-electron chi connectivity index (χ4n) is 2.66. The quantitative estimate of drug-likeness (QED) is 0.686. The molecule has 0 unspecified atom stereocenters. The second-order valence-electron chi connectivity index (χ2n) is 6.73. The normalized spacial score (nSPS) is 11.9. The molecule has 0 saturated carbocycles. The molecule has 0 aliphatic carbocycles. The van der Waals surface area contributed by atoms with Crippen molar-refractivity contribution in [3.8, 4) is 16.3 Å². The maximum Gasteiger partial charge on any atom is 0.266 e. The molecule has 1 atom stereocenters. The van der Waals surface area contributed by atoms with Crippen molar-refractivity contribution >= 4 is 22.4 Å². The highest BCUT2D eigenvalue weighted by atomic mass is 32.1. The Bertz CT molecular complexity index is 964. The van der Waals surface area contributed by atoms with Crippen LogP contribution in [-0.4, -0.2) is 22.2 Å². The van der Waals surface area contributed by atoms with Gasteiger partial charge in [-0.15, -0.1) is 10.2 Å². The van der Waals surface area contributed by atoms with Crippen molar-refractivity contribution in [3.05, 3.63) is 58.7 Å². The molecule has 0 fully saturated rings. The standard InChI is InChI=1S/C21H23N3O2S/c1-12-6-8-17(9-7-12)20-23-24-21(27-20)22-19(25)16(5)26-18-11-13(2)10-14(3)15(18)4/h6-11,16H,1-5H3,(H,22,24,25)/t16-/m1/s1. The highest BCUT2D eigenvalue weighted by Gasteiger charge is 2.18. The summed E-state index contributed by atoms with van der Waals surface area (Å²) in [7, 11) is 0. The second-order valence-corrected chi connectivity index (χ2v) is 7.71. The number of carbonyl (C=O) groups is 1. The van der Waals surface area contributed by atoms with E-state index in [0.29, 0.717) is 5.13 Å². The van der Waals surface area contributed by atoms with Gasteiger partial charge in [0.2, 0.25) is 5.13 Å². The SMILES string of the molecule is Cc1ccc(-c2nnc(NC(=O)[C@@H](C)Oc3cc(C)cc(C)c3C)s2)cc1. The first-order valence-corrected chi connectivity index (χ1v) is 9.61. The van der Waals surface area contributed by atoms with Gasteiger partial charge >= 0.3 is 0 Å². The van der Waals surface area contributed by atoms with E-state index < -0.39 is 6.10 Å². The van der Waals surface area contributed by atoms with Crippen LogP contribution in [0.25, 0.3) is 10.6 Å². The van der Waals surface area contributed by atoms with E-state index in [-0.39, 0.29) is 5.91 Å². The number of nitrogens with one attached hydrogen (secondary N) is 1. The minimum atomic E-state index is -0.642. The minimum Gasteiger partial charge on any atom is -0.481 e. The van der Waals surface area contributed by atoms with E-state index in [1.54, 1.807) is 6.92 Å². The zero-order chi connectivity index (χ0) is 19.6. The number of benzene rings is 2. The molecule has 3 rings (SSSR count). The summed E-state index contributed by atoms with van der Waals surface area (Å²) in [5.41, 5.74) is 5.45. The molecule has 2 aromatic carbocycles. The van der Waals surface area contributed by atoms with Crippen LogP contribution in [0, 0.1) is 27.7 Å². The van der Waals surface area contributed by atoms with Crippen molar-refractivity contribution in [2.75, 3.05) is 5.32 Å². The van der Waals surface area contributed by atoms with Crippen LogP contribution in [-0.2, 0) is 4.79 Å². The van der Waals surface area contributed by atoms with Crippen LogP contribution < -0.4 is 10.1 Å². The monoisotopic (exact) mass is 381 g/mol. The van der Waals surface area contributed by atoms with Gasteiger partial charge in [0.25, 0.3) is 5.91 Å². The number of hydrogen-bond donors (Lipinski definition) is 1. The molecular weight excluding hydrogens is 358 g/mol. The van der Waals surface area contributed by atoms with Crippen molar-refractivity contribution < 1.29 is 9.53 Å². The molecule has 3 aromatic rings. The highest BCUT2D eigenvalue weighted by Crippen LogP contribution is 2.27. The molecule has 0 radical (unpaired) electrons. The van der Waals surface area contributed by atoms with Gasteiger partial charge < -0.3 is 4.74 Å². The molecule has 0 bridgehead atoms. The molecule has 0 aliphatic heterocycles. The second kappa shape index (κ2) is 7.88. The van der Waals surface area contributed by atoms with Crippen molar-refractivity contribution in [1.29, 1.82) is 0 Å². The first-order valence-electron chi connectivity index (χ1n) is 8.79. The van der Waals surface area contributed by atoms with E-state index in [1.807, 2.05) is 58.0 Å². The van der Waals surface area contributed by atoms with Gasteiger partial charge in [0.1, 0.15) is 10.8 Å². The fourth-order valence-corrected chi connectivity index (χ4v) is 3.41. The van der Waals surface area contributed by atoms with Crippen LogP contribution in [0.1, 0.15) is 29.2 Å². The van der Waals surface area contributed by atoms with Crippen LogP contribution in [0.4, 0.5) is 5.13 Å². The Morgan fingerprint density at radius 2 is 1.74 bits per heavy atom. The highest BCUT2D eigenvalue weighted by molar-refractivity contribution is 7.18. The number of rotatable bonds is 5. The van der Waals surface area contributed by atoms with Crippen LogP contribution in [0.5, 0.6) is 5.75 Å². The third-order valence-corrected chi connectivity index (χ3v) is 5.28. The average molecular weight is 382 g/mol. The van der Waals surface area contributed by atoms with E-state index >= 15 is 0 Å². The summed E-state index contributed by atoms with van der Waals surface area (Å²) in [5, 5.41) is 12.3. The lowest BCUT2D eigenvalue weighted by atomic mass is 10.1. The van der Waals surface area contributed by atoms with Crippen molar-refractivity contribution in [3.63, 3.8) is 0 Å². The Labute approximate surface area is 163 Å². The Kier molecular flexibility index (Phi) is 5.56. The molecule has 0 aliphatic rings. The molecule has 1 aromatic heterocycles. The fraction of sp³-hybridized carbons (Fsp3) is 0.286. The number of carbonyl (C=O) groups excluding carboxylic acids is 1. The predicted octanol–water partition coefficient (Wildman–Crippen LogP) is 4.84. The molecular formula is C21H23N3O2S. The summed E-state index contributed by atoms with van der Waals surface area (Å²) in [6, 6.07) is 12.1. The van der Waals surface area contributed by atoms with Gasteiger partial charge in [-0.1, -0.05) is 47.2 Å². The van der Waals surface area contributed by atoms with Gasteiger partial charge in [-0.05, 0) is 57.4 Å². The van der Waals surface area contributed by atoms with Crippen LogP contribution >= 0.6 is 11.3 Å². The molecule has 140 valence electrons. The lowest BCUT2D eigenvalue weighted by Gasteiger charge is -2.17. The largest absolute Gasteiger partial charge is 0.481 e. The molecule has 0 saturated heterocycles. The number of hydrogen-bond acceptors (Lipinski definition) is 5. The van der Waals surface area contributed by atoms with Gasteiger partial charge in [-0.3, -0.25) is 10.1 Å². The molecule has 5 nitrogen and oxygen atoms in total. The van der Waals surface area contributed by atoms with Gasteiger partial charge in [-0.2, -0.15) is 0 Å². The van der Waals surface area contributed by atoms with E-state index in [4.69, 9.17) is 4.74 Å². The van der Waals surface area contributed by atoms with E-state index in [9.17, 15) is 4.79 Å². The lowest BCUT2D eigenvalue weighted by molar-refractivity contribution is -0.122. The third-order valence-electron chi connectivity index (χ3n) is 4.39. The van der Waals surface area contributed by atoms with Crippen molar-refractivity contribution in [2.45, 2.75) is 40.7 Å². The van der Waals surface area contributed by atoms with E-state index in [1.165, 1.54) is 16.9 Å². The number of aromatic nitrogens is 2. The van der Waals surface area contributed by atoms with Gasteiger partial charge in [0.15, 0.2) is 6.10 Å².